The maximum Gasteiger partial charge on any atom is 0.245 e. The molecule has 0 saturated carbocycles. The average Bonchev–Trinajstić information content (AvgIpc) is 2.42. The molecular weight excluding hydrogens is 248 g/mol. The third-order valence-electron chi connectivity index (χ3n) is 3.74. The lowest BCUT2D eigenvalue weighted by Gasteiger charge is -2.39. The molecule has 1 amide bonds. The van der Waals surface area contributed by atoms with E-state index in [1.807, 2.05) is 17.0 Å². The van der Waals surface area contributed by atoms with Gasteiger partial charge in [0.2, 0.25) is 5.91 Å². The first kappa shape index (κ1) is 14.8. The Hall–Kier alpha value is -1.61. The number of rotatable bonds is 3. The van der Waals surface area contributed by atoms with Crippen LogP contribution in [0.1, 0.15) is 37.9 Å². The van der Waals surface area contributed by atoms with E-state index in [9.17, 15) is 4.79 Å². The molecular formula is C17H24N2O. The van der Waals surface area contributed by atoms with Gasteiger partial charge >= 0.3 is 0 Å². The van der Waals surface area contributed by atoms with Gasteiger partial charge in [-0.25, -0.2) is 0 Å². The molecule has 2 rings (SSSR count). The Morgan fingerprint density at radius 1 is 1.45 bits per heavy atom. The Balaban J connectivity index is 2.31. The number of nitrogens with zero attached hydrogens (tertiary/aromatic N) is 1. The van der Waals surface area contributed by atoms with Gasteiger partial charge in [-0.15, -0.1) is 6.58 Å². The monoisotopic (exact) mass is 272 g/mol. The maximum absolute atomic E-state index is 12.9. The molecule has 1 atom stereocenters. The van der Waals surface area contributed by atoms with Crippen molar-refractivity contribution in [3.05, 3.63) is 48.0 Å². The van der Waals surface area contributed by atoms with E-state index in [0.29, 0.717) is 6.54 Å². The minimum atomic E-state index is -0.237. The fraction of sp³-hybridized carbons (Fsp3) is 0.471. The molecule has 1 aliphatic rings. The van der Waals surface area contributed by atoms with Gasteiger partial charge in [-0.05, 0) is 38.3 Å². The lowest BCUT2D eigenvalue weighted by molar-refractivity contribution is -0.137. The molecule has 1 N–H and O–H groups in total. The number of nitrogens with one attached hydrogen (secondary N) is 1. The Labute approximate surface area is 121 Å². The predicted molar refractivity (Wildman–Crippen MR) is 82.6 cm³/mol. The number of amides is 1. The van der Waals surface area contributed by atoms with E-state index in [1.165, 1.54) is 5.56 Å². The van der Waals surface area contributed by atoms with Gasteiger partial charge in [0, 0.05) is 18.6 Å². The predicted octanol–water partition coefficient (Wildman–Crippen LogP) is 2.69. The highest BCUT2D eigenvalue weighted by Gasteiger charge is 2.33. The molecule has 0 bridgehead atoms. The number of carbonyl (C=O) groups is 1. The SMILES string of the molecule is C=CCN(C(=O)C1NCCc2ccccc21)C(C)(C)C. The first-order chi connectivity index (χ1) is 9.45. The minimum absolute atomic E-state index is 0.129. The van der Waals surface area contributed by atoms with Crippen molar-refractivity contribution in [3.63, 3.8) is 0 Å². The van der Waals surface area contributed by atoms with Crippen LogP contribution < -0.4 is 5.32 Å². The lowest BCUT2D eigenvalue weighted by atomic mass is 9.92. The summed E-state index contributed by atoms with van der Waals surface area (Å²) < 4.78 is 0. The Morgan fingerprint density at radius 3 is 2.80 bits per heavy atom. The summed E-state index contributed by atoms with van der Waals surface area (Å²) in [5.74, 6) is 0.129. The van der Waals surface area contributed by atoms with E-state index in [1.54, 1.807) is 6.08 Å². The minimum Gasteiger partial charge on any atom is -0.332 e. The fourth-order valence-corrected chi connectivity index (χ4v) is 2.70. The number of hydrogen-bond donors (Lipinski definition) is 1. The van der Waals surface area contributed by atoms with Gasteiger partial charge in [0.25, 0.3) is 0 Å². The molecule has 0 aliphatic carbocycles. The molecule has 1 unspecified atom stereocenters. The van der Waals surface area contributed by atoms with Crippen molar-refractivity contribution in [2.75, 3.05) is 13.1 Å². The second kappa shape index (κ2) is 5.80. The highest BCUT2D eigenvalue weighted by atomic mass is 16.2. The topological polar surface area (TPSA) is 32.3 Å². The van der Waals surface area contributed by atoms with Gasteiger partial charge in [0.15, 0.2) is 0 Å². The van der Waals surface area contributed by atoms with Crippen molar-refractivity contribution in [2.24, 2.45) is 0 Å². The summed E-state index contributed by atoms with van der Waals surface area (Å²) in [6.07, 6.45) is 2.77. The van der Waals surface area contributed by atoms with Gasteiger partial charge in [-0.1, -0.05) is 30.3 Å². The Bertz CT molecular complexity index is 502. The molecule has 0 radical (unpaired) electrons. The molecule has 108 valence electrons. The third kappa shape index (κ3) is 2.93. The quantitative estimate of drug-likeness (QED) is 0.858. The zero-order valence-corrected chi connectivity index (χ0v) is 12.6. The summed E-state index contributed by atoms with van der Waals surface area (Å²) in [5, 5.41) is 3.36. The van der Waals surface area contributed by atoms with Crippen LogP contribution in [0, 0.1) is 0 Å². The second-order valence-electron chi connectivity index (χ2n) is 6.24. The van der Waals surface area contributed by atoms with Crippen molar-refractivity contribution in [3.8, 4) is 0 Å². The highest BCUT2D eigenvalue weighted by Crippen LogP contribution is 2.27. The summed E-state index contributed by atoms with van der Waals surface area (Å²) in [6.45, 7) is 11.4. The standard InChI is InChI=1S/C17H24N2O/c1-5-12-19(17(2,3)4)16(20)15-14-9-7-6-8-13(14)10-11-18-15/h5-9,15,18H,1,10-12H2,2-4H3. The average molecular weight is 272 g/mol. The molecule has 0 spiro atoms. The van der Waals surface area contributed by atoms with Crippen LogP contribution in [0.15, 0.2) is 36.9 Å². The number of fused-ring (bicyclic) bond motifs is 1. The zero-order chi connectivity index (χ0) is 14.8. The fourth-order valence-electron chi connectivity index (χ4n) is 2.70. The van der Waals surface area contributed by atoms with Crippen LogP contribution in [0.4, 0.5) is 0 Å². The van der Waals surface area contributed by atoms with Gasteiger partial charge < -0.3 is 10.2 Å². The van der Waals surface area contributed by atoms with Crippen LogP contribution in [0.25, 0.3) is 0 Å². The number of carbonyl (C=O) groups excluding carboxylic acids is 1. The van der Waals surface area contributed by atoms with Gasteiger partial charge in [0.1, 0.15) is 6.04 Å². The highest BCUT2D eigenvalue weighted by molar-refractivity contribution is 5.84. The first-order valence-corrected chi connectivity index (χ1v) is 7.18. The largest absolute Gasteiger partial charge is 0.332 e. The summed E-state index contributed by atoms with van der Waals surface area (Å²) >= 11 is 0. The van der Waals surface area contributed by atoms with Crippen molar-refractivity contribution < 1.29 is 4.79 Å². The van der Waals surface area contributed by atoms with E-state index < -0.39 is 0 Å². The zero-order valence-electron chi connectivity index (χ0n) is 12.6. The molecule has 3 nitrogen and oxygen atoms in total. The Kier molecular flexibility index (Phi) is 4.29. The molecule has 0 fully saturated rings. The molecule has 0 aromatic heterocycles. The maximum atomic E-state index is 12.9. The molecule has 20 heavy (non-hydrogen) atoms. The van der Waals surface area contributed by atoms with Crippen molar-refractivity contribution in [2.45, 2.75) is 38.8 Å². The second-order valence-corrected chi connectivity index (χ2v) is 6.24. The van der Waals surface area contributed by atoms with Crippen molar-refractivity contribution in [1.29, 1.82) is 0 Å². The van der Waals surface area contributed by atoms with Gasteiger partial charge in [0.05, 0.1) is 0 Å². The van der Waals surface area contributed by atoms with Crippen LogP contribution >= 0.6 is 0 Å². The van der Waals surface area contributed by atoms with Crippen LogP contribution in [0.5, 0.6) is 0 Å². The Morgan fingerprint density at radius 2 is 2.15 bits per heavy atom. The number of hydrogen-bond acceptors (Lipinski definition) is 2. The normalized spacial score (nSPS) is 18.2. The molecule has 0 saturated heterocycles. The van der Waals surface area contributed by atoms with Crippen molar-refractivity contribution >= 4 is 5.91 Å². The lowest BCUT2D eigenvalue weighted by Crippen LogP contribution is -2.51. The van der Waals surface area contributed by atoms with Gasteiger partial charge in [-0.2, -0.15) is 0 Å². The molecule has 1 aliphatic heterocycles. The van der Waals surface area contributed by atoms with Crippen LogP contribution in [-0.2, 0) is 11.2 Å². The van der Waals surface area contributed by atoms with E-state index in [4.69, 9.17) is 0 Å². The number of benzene rings is 1. The van der Waals surface area contributed by atoms with Gasteiger partial charge in [-0.3, -0.25) is 4.79 Å². The third-order valence-corrected chi connectivity index (χ3v) is 3.74. The van der Waals surface area contributed by atoms with E-state index in [2.05, 4.69) is 44.8 Å². The van der Waals surface area contributed by atoms with Crippen LogP contribution in [0.3, 0.4) is 0 Å². The molecule has 1 aromatic carbocycles. The van der Waals surface area contributed by atoms with Crippen LogP contribution in [0.2, 0.25) is 0 Å². The molecule has 1 aromatic rings. The smallest absolute Gasteiger partial charge is 0.245 e. The van der Waals surface area contributed by atoms with E-state index in [0.717, 1.165) is 18.5 Å². The molecule has 1 heterocycles. The molecule has 3 heteroatoms. The summed E-state index contributed by atoms with van der Waals surface area (Å²) in [4.78, 5) is 14.8. The van der Waals surface area contributed by atoms with E-state index >= 15 is 0 Å². The summed E-state index contributed by atoms with van der Waals surface area (Å²) in [7, 11) is 0. The summed E-state index contributed by atoms with van der Waals surface area (Å²) in [5.41, 5.74) is 2.18. The summed E-state index contributed by atoms with van der Waals surface area (Å²) in [6, 6.07) is 7.97. The van der Waals surface area contributed by atoms with Crippen LogP contribution in [-0.4, -0.2) is 29.4 Å². The first-order valence-electron chi connectivity index (χ1n) is 7.18. The van der Waals surface area contributed by atoms with Crippen molar-refractivity contribution in [1.82, 2.24) is 10.2 Å². The van der Waals surface area contributed by atoms with E-state index in [-0.39, 0.29) is 17.5 Å².